The van der Waals surface area contributed by atoms with Crippen molar-refractivity contribution in [3.05, 3.63) is 48.2 Å². The Bertz CT molecular complexity index is 1020. The second kappa shape index (κ2) is 9.74. The molecule has 12 heteroatoms. The molecule has 1 saturated heterocycles. The van der Waals surface area contributed by atoms with Crippen LogP contribution in [-0.4, -0.2) is 74.1 Å². The van der Waals surface area contributed by atoms with Crippen LogP contribution in [0.1, 0.15) is 17.3 Å². The van der Waals surface area contributed by atoms with Gasteiger partial charge in [0.25, 0.3) is 5.91 Å². The SMILES string of the molecule is CCOc1ccc(S(=O)(=O)N2CCN(C(=O)c3ccc(OCC(F)(F)F)nc3)CC2)cc1. The number of nitrogens with zero attached hydrogens (tertiary/aromatic N) is 3. The standard InChI is InChI=1S/C20H22F3N3O5S/c1-2-30-16-4-6-17(7-5-16)32(28,29)26-11-9-25(10-12-26)19(27)15-3-8-18(24-13-15)31-14-20(21,22)23/h3-8,13H,2,9-12,14H2,1H3. The molecule has 3 rings (SSSR count). The highest BCUT2D eigenvalue weighted by atomic mass is 32.2. The molecule has 32 heavy (non-hydrogen) atoms. The van der Waals surface area contributed by atoms with Crippen LogP contribution in [0.2, 0.25) is 0 Å². The minimum atomic E-state index is -4.48. The van der Waals surface area contributed by atoms with Gasteiger partial charge in [0, 0.05) is 38.4 Å². The number of rotatable bonds is 7. The van der Waals surface area contributed by atoms with Gasteiger partial charge in [0.2, 0.25) is 15.9 Å². The summed E-state index contributed by atoms with van der Waals surface area (Å²) < 4.78 is 73.4. The third-order valence-electron chi connectivity index (χ3n) is 4.67. The summed E-state index contributed by atoms with van der Waals surface area (Å²) in [6.45, 7) is 1.39. The van der Waals surface area contributed by atoms with Gasteiger partial charge in [0.15, 0.2) is 6.61 Å². The second-order valence-electron chi connectivity index (χ2n) is 6.89. The van der Waals surface area contributed by atoms with Gasteiger partial charge in [0.1, 0.15) is 5.75 Å². The third kappa shape index (κ3) is 5.88. The monoisotopic (exact) mass is 473 g/mol. The first kappa shape index (κ1) is 23.8. The predicted molar refractivity (Wildman–Crippen MR) is 108 cm³/mol. The molecule has 1 amide bonds. The van der Waals surface area contributed by atoms with Gasteiger partial charge in [-0.25, -0.2) is 13.4 Å². The minimum absolute atomic E-state index is 0.113. The summed E-state index contributed by atoms with van der Waals surface area (Å²) in [6, 6.07) is 8.64. The number of piperazine rings is 1. The second-order valence-corrected chi connectivity index (χ2v) is 8.83. The zero-order valence-electron chi connectivity index (χ0n) is 17.2. The fourth-order valence-electron chi connectivity index (χ4n) is 3.09. The first-order chi connectivity index (χ1) is 15.1. The van der Waals surface area contributed by atoms with E-state index in [1.807, 2.05) is 6.92 Å². The lowest BCUT2D eigenvalue weighted by Gasteiger charge is -2.34. The number of aromatic nitrogens is 1. The largest absolute Gasteiger partial charge is 0.494 e. The maximum Gasteiger partial charge on any atom is 0.422 e. The molecule has 0 unspecified atom stereocenters. The summed E-state index contributed by atoms with van der Waals surface area (Å²) in [5.74, 6) is -0.0616. The predicted octanol–water partition coefficient (Wildman–Crippen LogP) is 2.57. The molecule has 0 N–H and O–H groups in total. The van der Waals surface area contributed by atoms with Gasteiger partial charge in [-0.05, 0) is 37.3 Å². The molecule has 2 aromatic rings. The highest BCUT2D eigenvalue weighted by Crippen LogP contribution is 2.22. The molecule has 1 fully saturated rings. The van der Waals surface area contributed by atoms with E-state index in [-0.39, 0.29) is 42.5 Å². The van der Waals surface area contributed by atoms with Gasteiger partial charge in [-0.3, -0.25) is 4.79 Å². The van der Waals surface area contributed by atoms with Crippen molar-refractivity contribution in [2.24, 2.45) is 0 Å². The average molecular weight is 473 g/mol. The van der Waals surface area contributed by atoms with E-state index in [2.05, 4.69) is 9.72 Å². The van der Waals surface area contributed by atoms with Crippen LogP contribution < -0.4 is 9.47 Å². The van der Waals surface area contributed by atoms with Crippen LogP contribution in [0.4, 0.5) is 13.2 Å². The van der Waals surface area contributed by atoms with Crippen molar-refractivity contribution < 1.29 is 35.9 Å². The van der Waals surface area contributed by atoms with E-state index < -0.39 is 28.7 Å². The Morgan fingerprint density at radius 2 is 1.69 bits per heavy atom. The molecule has 0 spiro atoms. The Hall–Kier alpha value is -2.86. The van der Waals surface area contributed by atoms with Crippen LogP contribution >= 0.6 is 0 Å². The number of sulfonamides is 1. The average Bonchev–Trinajstić information content (AvgIpc) is 2.78. The number of amides is 1. The van der Waals surface area contributed by atoms with Gasteiger partial charge in [0.05, 0.1) is 17.1 Å². The molecule has 8 nitrogen and oxygen atoms in total. The molecule has 174 valence electrons. The number of ether oxygens (including phenoxy) is 2. The topological polar surface area (TPSA) is 89.0 Å². The van der Waals surface area contributed by atoms with Gasteiger partial charge < -0.3 is 14.4 Å². The molecule has 0 atom stereocenters. The Labute approximate surface area is 183 Å². The fourth-order valence-corrected chi connectivity index (χ4v) is 4.51. The summed E-state index contributed by atoms with van der Waals surface area (Å²) in [6.07, 6.45) is -3.35. The Morgan fingerprint density at radius 1 is 1.03 bits per heavy atom. The van der Waals surface area contributed by atoms with Gasteiger partial charge in [-0.15, -0.1) is 0 Å². The smallest absolute Gasteiger partial charge is 0.422 e. The first-order valence-corrected chi connectivity index (χ1v) is 11.2. The van der Waals surface area contributed by atoms with E-state index in [1.54, 1.807) is 12.1 Å². The normalized spacial score (nSPS) is 15.4. The molecule has 2 heterocycles. The van der Waals surface area contributed by atoms with E-state index in [9.17, 15) is 26.4 Å². The van der Waals surface area contributed by atoms with E-state index in [0.717, 1.165) is 6.20 Å². The number of hydrogen-bond acceptors (Lipinski definition) is 6. The van der Waals surface area contributed by atoms with Crippen LogP contribution in [0.5, 0.6) is 11.6 Å². The van der Waals surface area contributed by atoms with E-state index in [4.69, 9.17) is 4.74 Å². The molecule has 0 aliphatic carbocycles. The van der Waals surface area contributed by atoms with Crippen molar-refractivity contribution in [2.45, 2.75) is 18.0 Å². The quantitative estimate of drug-likeness (QED) is 0.614. The molecule has 0 bridgehead atoms. The maximum atomic E-state index is 12.9. The van der Waals surface area contributed by atoms with Crippen molar-refractivity contribution in [3.8, 4) is 11.6 Å². The first-order valence-electron chi connectivity index (χ1n) is 9.78. The molecular formula is C20H22F3N3O5S. The Balaban J connectivity index is 1.58. The van der Waals surface area contributed by atoms with Crippen LogP contribution in [-0.2, 0) is 10.0 Å². The fraction of sp³-hybridized carbons (Fsp3) is 0.400. The van der Waals surface area contributed by atoms with Crippen molar-refractivity contribution in [1.82, 2.24) is 14.2 Å². The number of pyridine rings is 1. The summed E-state index contributed by atoms with van der Waals surface area (Å²) >= 11 is 0. The van der Waals surface area contributed by atoms with E-state index in [1.165, 1.54) is 33.5 Å². The Kier molecular flexibility index (Phi) is 7.24. The van der Waals surface area contributed by atoms with E-state index in [0.29, 0.717) is 12.4 Å². The minimum Gasteiger partial charge on any atom is -0.494 e. The van der Waals surface area contributed by atoms with Crippen LogP contribution in [0.25, 0.3) is 0 Å². The molecule has 1 aromatic carbocycles. The molecule has 1 aliphatic heterocycles. The number of carbonyl (C=O) groups is 1. The number of benzene rings is 1. The summed E-state index contributed by atoms with van der Waals surface area (Å²) in [7, 11) is -3.71. The van der Waals surface area contributed by atoms with Crippen LogP contribution in [0.15, 0.2) is 47.5 Å². The summed E-state index contributed by atoms with van der Waals surface area (Å²) in [4.78, 5) is 18.0. The molecular weight excluding hydrogens is 451 g/mol. The highest BCUT2D eigenvalue weighted by Gasteiger charge is 2.31. The van der Waals surface area contributed by atoms with Crippen molar-refractivity contribution in [3.63, 3.8) is 0 Å². The number of halogens is 3. The molecule has 0 saturated carbocycles. The lowest BCUT2D eigenvalue weighted by Crippen LogP contribution is -2.50. The maximum absolute atomic E-state index is 12.9. The van der Waals surface area contributed by atoms with Gasteiger partial charge in [-0.2, -0.15) is 17.5 Å². The Morgan fingerprint density at radius 3 is 2.22 bits per heavy atom. The lowest BCUT2D eigenvalue weighted by atomic mass is 10.2. The van der Waals surface area contributed by atoms with Crippen molar-refractivity contribution in [1.29, 1.82) is 0 Å². The molecule has 1 aliphatic rings. The van der Waals surface area contributed by atoms with Gasteiger partial charge in [-0.1, -0.05) is 0 Å². The number of hydrogen-bond donors (Lipinski definition) is 0. The van der Waals surface area contributed by atoms with Crippen LogP contribution in [0.3, 0.4) is 0 Å². The van der Waals surface area contributed by atoms with Crippen molar-refractivity contribution in [2.75, 3.05) is 39.4 Å². The molecule has 1 aromatic heterocycles. The van der Waals surface area contributed by atoms with Crippen molar-refractivity contribution >= 4 is 15.9 Å². The molecule has 0 radical (unpaired) electrons. The zero-order chi connectivity index (χ0) is 23.4. The van der Waals surface area contributed by atoms with Crippen LogP contribution in [0, 0.1) is 0 Å². The van der Waals surface area contributed by atoms with Gasteiger partial charge >= 0.3 is 6.18 Å². The summed E-state index contributed by atoms with van der Waals surface area (Å²) in [5, 5.41) is 0. The number of carbonyl (C=O) groups excluding carboxylic acids is 1. The van der Waals surface area contributed by atoms with E-state index >= 15 is 0 Å². The summed E-state index contributed by atoms with van der Waals surface area (Å²) in [5.41, 5.74) is 0.173. The zero-order valence-corrected chi connectivity index (χ0v) is 18.0. The highest BCUT2D eigenvalue weighted by molar-refractivity contribution is 7.89. The third-order valence-corrected chi connectivity index (χ3v) is 6.58. The number of alkyl halides is 3. The lowest BCUT2D eigenvalue weighted by molar-refractivity contribution is -0.154.